The van der Waals surface area contributed by atoms with E-state index >= 15 is 0 Å². The van der Waals surface area contributed by atoms with Gasteiger partial charge in [-0.2, -0.15) is 0 Å². The van der Waals surface area contributed by atoms with Crippen molar-refractivity contribution in [3.8, 4) is 0 Å². The number of benzene rings is 1. The third-order valence-corrected chi connectivity index (χ3v) is 9.34. The maximum absolute atomic E-state index is 13.9. The van der Waals surface area contributed by atoms with Gasteiger partial charge >= 0.3 is 0 Å². The van der Waals surface area contributed by atoms with Gasteiger partial charge < -0.3 is 15.8 Å². The van der Waals surface area contributed by atoms with E-state index in [4.69, 9.17) is 10.5 Å². The van der Waals surface area contributed by atoms with E-state index in [-0.39, 0.29) is 10.8 Å². The van der Waals surface area contributed by atoms with Crippen LogP contribution in [0.5, 0.6) is 0 Å². The molecule has 0 aromatic heterocycles. The normalized spacial score (nSPS) is 44.4. The summed E-state index contributed by atoms with van der Waals surface area (Å²) in [4.78, 5) is 13.9. The minimum Gasteiger partial charge on any atom is -0.374 e. The molecule has 6 aliphatic rings. The molecule has 162 valence electrons. The van der Waals surface area contributed by atoms with Crippen molar-refractivity contribution in [2.75, 3.05) is 6.54 Å². The van der Waals surface area contributed by atoms with Gasteiger partial charge in [0.15, 0.2) is 0 Å². The second-order valence-electron chi connectivity index (χ2n) is 11.2. The van der Waals surface area contributed by atoms with Crippen LogP contribution in [-0.4, -0.2) is 30.7 Å². The molecule has 3 N–H and O–H groups in total. The van der Waals surface area contributed by atoms with Crippen LogP contribution in [0.3, 0.4) is 0 Å². The molecule has 1 aromatic rings. The molecule has 5 unspecified atom stereocenters. The highest BCUT2D eigenvalue weighted by Gasteiger charge is 2.71. The van der Waals surface area contributed by atoms with Crippen LogP contribution in [0, 0.1) is 23.2 Å². The number of rotatable bonds is 6. The first-order valence-electron chi connectivity index (χ1n) is 12.3. The number of amides is 1. The summed E-state index contributed by atoms with van der Waals surface area (Å²) < 4.78 is 6.57. The van der Waals surface area contributed by atoms with Crippen LogP contribution in [0.1, 0.15) is 69.8 Å². The Bertz CT molecular complexity index is 801. The van der Waals surface area contributed by atoms with Crippen molar-refractivity contribution in [1.82, 2.24) is 5.32 Å². The van der Waals surface area contributed by atoms with E-state index < -0.39 is 0 Å². The van der Waals surface area contributed by atoms with Crippen LogP contribution in [0.2, 0.25) is 0 Å². The fourth-order valence-electron chi connectivity index (χ4n) is 7.81. The summed E-state index contributed by atoms with van der Waals surface area (Å²) in [5, 5.41) is 3.53. The predicted molar refractivity (Wildman–Crippen MR) is 117 cm³/mol. The summed E-state index contributed by atoms with van der Waals surface area (Å²) in [5.41, 5.74) is 7.27. The Labute approximate surface area is 180 Å². The maximum Gasteiger partial charge on any atom is 0.226 e. The van der Waals surface area contributed by atoms with Gasteiger partial charge in [-0.25, -0.2) is 0 Å². The van der Waals surface area contributed by atoms with Crippen molar-refractivity contribution in [3.63, 3.8) is 0 Å². The van der Waals surface area contributed by atoms with Crippen LogP contribution in [0.15, 0.2) is 30.3 Å². The number of nitrogens with one attached hydrogen (secondary N) is 1. The quantitative estimate of drug-likeness (QED) is 0.750. The Morgan fingerprint density at radius 1 is 1.03 bits per heavy atom. The number of ether oxygens (including phenoxy) is 1. The lowest BCUT2D eigenvalue weighted by Gasteiger charge is -2.43. The standard InChI is InChI=1S/C26H36N2O2/c27-15-17-6-8-20(9-7-17)28-24(29)26-13-18-12-25(16-26,19-4-2-1-3-5-19)14-22(26)23(18)30-21-10-11-21/h1-5,17-18,20-23H,6-16,27H2,(H,28,29). The Kier molecular flexibility index (Phi) is 4.55. The Balaban J connectivity index is 1.26. The lowest BCUT2D eigenvalue weighted by Crippen LogP contribution is -2.48. The van der Waals surface area contributed by atoms with Crippen molar-refractivity contribution < 1.29 is 9.53 Å². The first kappa shape index (κ1) is 19.3. The number of hydrogen-bond acceptors (Lipinski definition) is 3. The van der Waals surface area contributed by atoms with Crippen molar-refractivity contribution >= 4 is 5.91 Å². The molecule has 4 heteroatoms. The van der Waals surface area contributed by atoms with Crippen molar-refractivity contribution in [3.05, 3.63) is 35.9 Å². The molecule has 6 aliphatic carbocycles. The van der Waals surface area contributed by atoms with Gasteiger partial charge in [-0.15, -0.1) is 0 Å². The number of nitrogens with two attached hydrogens (primary N) is 1. The van der Waals surface area contributed by atoms with Gasteiger partial charge in [-0.05, 0) is 93.6 Å². The second kappa shape index (κ2) is 7.06. The van der Waals surface area contributed by atoms with E-state index in [9.17, 15) is 4.79 Å². The zero-order valence-electron chi connectivity index (χ0n) is 18.0. The molecule has 1 amide bonds. The van der Waals surface area contributed by atoms with Gasteiger partial charge in [-0.3, -0.25) is 4.79 Å². The molecule has 5 atom stereocenters. The summed E-state index contributed by atoms with van der Waals surface area (Å²) in [5.74, 6) is 1.91. The summed E-state index contributed by atoms with van der Waals surface area (Å²) >= 11 is 0. The number of carbonyl (C=O) groups excluding carboxylic acids is 1. The van der Waals surface area contributed by atoms with Gasteiger partial charge in [0.05, 0.1) is 17.6 Å². The smallest absolute Gasteiger partial charge is 0.226 e. The second-order valence-corrected chi connectivity index (χ2v) is 11.2. The zero-order valence-corrected chi connectivity index (χ0v) is 18.0. The van der Waals surface area contributed by atoms with Crippen molar-refractivity contribution in [2.45, 2.75) is 87.9 Å². The maximum atomic E-state index is 13.9. The molecule has 4 nitrogen and oxygen atoms in total. The van der Waals surface area contributed by atoms with Gasteiger partial charge in [0, 0.05) is 12.0 Å². The monoisotopic (exact) mass is 408 g/mol. The van der Waals surface area contributed by atoms with E-state index in [0.29, 0.717) is 41.9 Å². The molecule has 0 saturated heterocycles. The molecule has 4 bridgehead atoms. The van der Waals surface area contributed by atoms with Crippen LogP contribution in [0.25, 0.3) is 0 Å². The van der Waals surface area contributed by atoms with Gasteiger partial charge in [0.2, 0.25) is 5.91 Å². The molecule has 7 rings (SSSR count). The SMILES string of the molecule is NCC1CCC(NC(=O)C23CC4CC(c5ccccc5)(CC2C4OC2CC2)C3)CC1. The molecular formula is C26H36N2O2. The van der Waals surface area contributed by atoms with Gasteiger partial charge in [0.1, 0.15) is 0 Å². The minimum atomic E-state index is -0.219. The highest BCUT2D eigenvalue weighted by molar-refractivity contribution is 5.85. The van der Waals surface area contributed by atoms with Crippen LogP contribution >= 0.6 is 0 Å². The Morgan fingerprint density at radius 3 is 2.50 bits per heavy atom. The topological polar surface area (TPSA) is 64.3 Å². The van der Waals surface area contributed by atoms with Crippen molar-refractivity contribution in [2.24, 2.45) is 28.9 Å². The third kappa shape index (κ3) is 2.97. The molecule has 6 fully saturated rings. The highest BCUT2D eigenvalue weighted by atomic mass is 16.5. The largest absolute Gasteiger partial charge is 0.374 e. The summed E-state index contributed by atoms with van der Waals surface area (Å²) in [6.45, 7) is 0.786. The average molecular weight is 409 g/mol. The zero-order chi connectivity index (χ0) is 20.3. The summed E-state index contributed by atoms with van der Waals surface area (Å²) in [6.07, 6.45) is 12.0. The van der Waals surface area contributed by atoms with Crippen LogP contribution < -0.4 is 11.1 Å². The van der Waals surface area contributed by atoms with E-state index in [2.05, 4.69) is 35.6 Å². The summed E-state index contributed by atoms with van der Waals surface area (Å²) in [6, 6.07) is 11.4. The van der Waals surface area contributed by atoms with Gasteiger partial charge in [0.25, 0.3) is 0 Å². The fraction of sp³-hybridized carbons (Fsp3) is 0.731. The van der Waals surface area contributed by atoms with E-state index in [1.54, 1.807) is 0 Å². The molecule has 0 radical (unpaired) electrons. The van der Waals surface area contributed by atoms with E-state index in [0.717, 1.165) is 51.5 Å². The Morgan fingerprint density at radius 2 is 1.80 bits per heavy atom. The third-order valence-electron chi connectivity index (χ3n) is 9.34. The first-order chi connectivity index (χ1) is 14.6. The van der Waals surface area contributed by atoms with E-state index in [1.807, 2.05) is 0 Å². The van der Waals surface area contributed by atoms with Gasteiger partial charge in [-0.1, -0.05) is 30.3 Å². The fourth-order valence-corrected chi connectivity index (χ4v) is 7.81. The Hall–Kier alpha value is -1.39. The predicted octanol–water partition coefficient (Wildman–Crippen LogP) is 3.93. The molecule has 0 heterocycles. The lowest BCUT2D eigenvalue weighted by molar-refractivity contribution is -0.135. The molecule has 30 heavy (non-hydrogen) atoms. The molecular weight excluding hydrogens is 372 g/mol. The van der Waals surface area contributed by atoms with Crippen LogP contribution in [-0.2, 0) is 14.9 Å². The molecule has 0 spiro atoms. The minimum absolute atomic E-state index is 0.173. The first-order valence-corrected chi connectivity index (χ1v) is 12.3. The van der Waals surface area contributed by atoms with E-state index in [1.165, 1.54) is 24.8 Å². The number of carbonyl (C=O) groups is 1. The summed E-state index contributed by atoms with van der Waals surface area (Å²) in [7, 11) is 0. The lowest BCUT2D eigenvalue weighted by atomic mass is 9.63. The average Bonchev–Trinajstić information content (AvgIpc) is 3.53. The molecule has 6 saturated carbocycles. The highest BCUT2D eigenvalue weighted by Crippen LogP contribution is 2.71. The van der Waals surface area contributed by atoms with Crippen molar-refractivity contribution in [1.29, 1.82) is 0 Å². The molecule has 1 aromatic carbocycles. The number of hydrogen-bond donors (Lipinski definition) is 2. The molecule has 0 aliphatic heterocycles. The van der Waals surface area contributed by atoms with Crippen LogP contribution in [0.4, 0.5) is 0 Å².